The third-order valence-corrected chi connectivity index (χ3v) is 3.19. The molecule has 1 heterocycles. The first-order valence-electron chi connectivity index (χ1n) is 4.97. The molecule has 1 saturated heterocycles. The highest BCUT2D eigenvalue weighted by molar-refractivity contribution is 5.97. The molecule has 0 aromatic carbocycles. The van der Waals surface area contributed by atoms with Crippen molar-refractivity contribution in [1.29, 1.82) is 0 Å². The average molecular weight is 212 g/mol. The fourth-order valence-electron chi connectivity index (χ4n) is 2.34. The van der Waals surface area contributed by atoms with Crippen LogP contribution >= 0.6 is 0 Å². The highest BCUT2D eigenvalue weighted by atomic mass is 16.6. The number of ether oxygens (including phenoxy) is 2. The Balaban J connectivity index is 2.08. The Morgan fingerprint density at radius 1 is 1.27 bits per heavy atom. The van der Waals surface area contributed by atoms with Crippen molar-refractivity contribution in [3.63, 3.8) is 0 Å². The monoisotopic (exact) mass is 212 g/mol. The standard InChI is InChI=1S/C10H12O5/c1-14-8(11)5-2-3-6-7(4-5)10(13)15-9(6)12/h5-7H,2-4H2,1H3. The van der Waals surface area contributed by atoms with Gasteiger partial charge < -0.3 is 9.47 Å². The number of cyclic esters (lactones) is 2. The van der Waals surface area contributed by atoms with Crippen LogP contribution in [-0.4, -0.2) is 25.0 Å². The number of esters is 3. The van der Waals surface area contributed by atoms with Gasteiger partial charge >= 0.3 is 17.9 Å². The van der Waals surface area contributed by atoms with Crippen LogP contribution in [0.1, 0.15) is 19.3 Å². The maximum absolute atomic E-state index is 11.3. The predicted molar refractivity (Wildman–Crippen MR) is 47.4 cm³/mol. The van der Waals surface area contributed by atoms with Gasteiger partial charge in [0.1, 0.15) is 0 Å². The molecule has 0 aromatic heterocycles. The lowest BCUT2D eigenvalue weighted by molar-refractivity contribution is -0.153. The Kier molecular flexibility index (Phi) is 2.46. The molecule has 5 nitrogen and oxygen atoms in total. The van der Waals surface area contributed by atoms with Crippen LogP contribution in [0, 0.1) is 17.8 Å². The fourth-order valence-corrected chi connectivity index (χ4v) is 2.34. The largest absolute Gasteiger partial charge is 0.469 e. The Hall–Kier alpha value is -1.39. The lowest BCUT2D eigenvalue weighted by atomic mass is 9.75. The zero-order valence-electron chi connectivity index (χ0n) is 8.39. The number of hydrogen-bond acceptors (Lipinski definition) is 5. The normalized spacial score (nSPS) is 34.6. The Morgan fingerprint density at radius 2 is 1.93 bits per heavy atom. The number of hydrogen-bond donors (Lipinski definition) is 0. The molecule has 1 aliphatic heterocycles. The molecule has 0 amide bonds. The maximum atomic E-state index is 11.3. The summed E-state index contributed by atoms with van der Waals surface area (Å²) in [4.78, 5) is 33.8. The van der Waals surface area contributed by atoms with Crippen molar-refractivity contribution in [2.75, 3.05) is 7.11 Å². The van der Waals surface area contributed by atoms with Crippen molar-refractivity contribution in [2.45, 2.75) is 19.3 Å². The van der Waals surface area contributed by atoms with Gasteiger partial charge in [0, 0.05) is 0 Å². The molecule has 1 aliphatic carbocycles. The van der Waals surface area contributed by atoms with Crippen LogP contribution in [0.25, 0.3) is 0 Å². The van der Waals surface area contributed by atoms with Gasteiger partial charge in [-0.2, -0.15) is 0 Å². The second kappa shape index (κ2) is 3.64. The van der Waals surface area contributed by atoms with E-state index in [1.54, 1.807) is 0 Å². The summed E-state index contributed by atoms with van der Waals surface area (Å²) < 4.78 is 9.16. The van der Waals surface area contributed by atoms with E-state index in [-0.39, 0.29) is 17.8 Å². The van der Waals surface area contributed by atoms with Gasteiger partial charge in [0.15, 0.2) is 0 Å². The van der Waals surface area contributed by atoms with E-state index in [9.17, 15) is 14.4 Å². The summed E-state index contributed by atoms with van der Waals surface area (Å²) in [5, 5.41) is 0. The molecule has 1 saturated carbocycles. The average Bonchev–Trinajstić information content (AvgIpc) is 2.53. The van der Waals surface area contributed by atoms with Crippen LogP contribution in [0.5, 0.6) is 0 Å². The summed E-state index contributed by atoms with van der Waals surface area (Å²) in [5.41, 5.74) is 0. The lowest BCUT2D eigenvalue weighted by Gasteiger charge is -2.25. The SMILES string of the molecule is COC(=O)C1CCC2C(=O)OC(=O)C2C1. The number of rotatable bonds is 1. The first kappa shape index (κ1) is 10.1. The molecule has 5 heteroatoms. The lowest BCUT2D eigenvalue weighted by Crippen LogP contribution is -2.31. The van der Waals surface area contributed by atoms with Crippen LogP contribution in [0.2, 0.25) is 0 Å². The van der Waals surface area contributed by atoms with E-state index in [4.69, 9.17) is 0 Å². The van der Waals surface area contributed by atoms with Gasteiger partial charge in [0.2, 0.25) is 0 Å². The van der Waals surface area contributed by atoms with Crippen LogP contribution in [0.3, 0.4) is 0 Å². The van der Waals surface area contributed by atoms with E-state index in [1.807, 2.05) is 0 Å². The Labute approximate surface area is 86.7 Å². The van der Waals surface area contributed by atoms with E-state index in [2.05, 4.69) is 9.47 Å². The zero-order chi connectivity index (χ0) is 11.0. The molecule has 0 bridgehead atoms. The van der Waals surface area contributed by atoms with Gasteiger partial charge in [-0.05, 0) is 19.3 Å². The first-order valence-corrected chi connectivity index (χ1v) is 4.97. The third-order valence-electron chi connectivity index (χ3n) is 3.19. The molecule has 82 valence electrons. The molecule has 2 aliphatic rings. The van der Waals surface area contributed by atoms with Gasteiger partial charge in [-0.15, -0.1) is 0 Å². The minimum Gasteiger partial charge on any atom is -0.469 e. The Bertz CT molecular complexity index is 322. The van der Waals surface area contributed by atoms with Gasteiger partial charge in [0.25, 0.3) is 0 Å². The van der Waals surface area contributed by atoms with E-state index in [0.29, 0.717) is 19.3 Å². The van der Waals surface area contributed by atoms with Crippen molar-refractivity contribution in [3.05, 3.63) is 0 Å². The van der Waals surface area contributed by atoms with Crippen LogP contribution in [0.15, 0.2) is 0 Å². The predicted octanol–water partition coefficient (Wildman–Crippen LogP) is 0.275. The summed E-state index contributed by atoms with van der Waals surface area (Å²) in [5.74, 6) is -2.27. The van der Waals surface area contributed by atoms with E-state index >= 15 is 0 Å². The fraction of sp³-hybridized carbons (Fsp3) is 0.700. The number of fused-ring (bicyclic) bond motifs is 1. The van der Waals surface area contributed by atoms with Crippen LogP contribution in [-0.2, 0) is 23.9 Å². The molecule has 3 atom stereocenters. The van der Waals surface area contributed by atoms with Gasteiger partial charge in [-0.25, -0.2) is 0 Å². The number of methoxy groups -OCH3 is 1. The molecule has 0 radical (unpaired) electrons. The molecule has 0 aromatic rings. The quantitative estimate of drug-likeness (QED) is 0.461. The van der Waals surface area contributed by atoms with Crippen LogP contribution < -0.4 is 0 Å². The summed E-state index contributed by atoms with van der Waals surface area (Å²) in [6, 6.07) is 0. The molecule has 2 rings (SSSR count). The van der Waals surface area contributed by atoms with Gasteiger partial charge in [-0.3, -0.25) is 14.4 Å². The highest BCUT2D eigenvalue weighted by Gasteiger charge is 2.48. The molecule has 3 unspecified atom stereocenters. The molecule has 2 fully saturated rings. The third kappa shape index (κ3) is 1.62. The molecule has 15 heavy (non-hydrogen) atoms. The van der Waals surface area contributed by atoms with E-state index in [1.165, 1.54) is 7.11 Å². The van der Waals surface area contributed by atoms with Crippen molar-refractivity contribution in [3.8, 4) is 0 Å². The van der Waals surface area contributed by atoms with Crippen molar-refractivity contribution < 1.29 is 23.9 Å². The number of carbonyl (C=O) groups is 3. The highest BCUT2D eigenvalue weighted by Crippen LogP contribution is 2.39. The van der Waals surface area contributed by atoms with Crippen molar-refractivity contribution >= 4 is 17.9 Å². The van der Waals surface area contributed by atoms with E-state index < -0.39 is 17.9 Å². The van der Waals surface area contributed by atoms with Crippen LogP contribution in [0.4, 0.5) is 0 Å². The zero-order valence-corrected chi connectivity index (χ0v) is 8.39. The summed E-state index contributed by atoms with van der Waals surface area (Å²) in [6.07, 6.45) is 1.51. The van der Waals surface area contributed by atoms with E-state index in [0.717, 1.165) is 0 Å². The molecule has 0 spiro atoms. The topological polar surface area (TPSA) is 69.7 Å². The minimum absolute atomic E-state index is 0.269. The summed E-state index contributed by atoms with van der Waals surface area (Å²) in [6.45, 7) is 0. The van der Waals surface area contributed by atoms with Gasteiger partial charge in [0.05, 0.1) is 24.9 Å². The maximum Gasteiger partial charge on any atom is 0.317 e. The second-order valence-electron chi connectivity index (χ2n) is 3.99. The minimum atomic E-state index is -0.487. The molecule has 0 N–H and O–H groups in total. The molecular formula is C10H12O5. The Morgan fingerprint density at radius 3 is 2.60 bits per heavy atom. The van der Waals surface area contributed by atoms with Crippen molar-refractivity contribution in [1.82, 2.24) is 0 Å². The van der Waals surface area contributed by atoms with Gasteiger partial charge in [-0.1, -0.05) is 0 Å². The first-order chi connectivity index (χ1) is 7.13. The van der Waals surface area contributed by atoms with Crippen molar-refractivity contribution in [2.24, 2.45) is 17.8 Å². The second-order valence-corrected chi connectivity index (χ2v) is 3.99. The summed E-state index contributed by atoms with van der Waals surface area (Å²) in [7, 11) is 1.33. The smallest absolute Gasteiger partial charge is 0.317 e. The summed E-state index contributed by atoms with van der Waals surface area (Å²) >= 11 is 0. The molecular weight excluding hydrogens is 200 g/mol. The number of carbonyl (C=O) groups excluding carboxylic acids is 3.